The highest BCUT2D eigenvalue weighted by molar-refractivity contribution is 6.31. The second kappa shape index (κ2) is 7.18. The van der Waals surface area contributed by atoms with Crippen LogP contribution >= 0.6 is 11.6 Å². The van der Waals surface area contributed by atoms with Crippen LogP contribution in [0.1, 0.15) is 27.0 Å². The maximum Gasteiger partial charge on any atom is 0.255 e. The number of primary amides is 1. The van der Waals surface area contributed by atoms with Gasteiger partial charge in [0.05, 0.1) is 12.2 Å². The number of aryl methyl sites for hydroxylation is 1. The van der Waals surface area contributed by atoms with Crippen LogP contribution in [0.4, 0.5) is 0 Å². The average molecular weight is 402 g/mol. The number of ketones is 1. The molecule has 28 heavy (non-hydrogen) atoms. The Balaban J connectivity index is 1.69. The molecule has 4 rings (SSSR count). The van der Waals surface area contributed by atoms with Gasteiger partial charge in [0.2, 0.25) is 5.78 Å². The average Bonchev–Trinajstić information content (AvgIpc) is 2.96. The number of hydrogen-bond donors (Lipinski definition) is 1. The van der Waals surface area contributed by atoms with Gasteiger partial charge in [-0.2, -0.15) is 0 Å². The Kier molecular flexibility index (Phi) is 4.70. The number of carbonyl (C=O) groups excluding carboxylic acids is 2. The quantitative estimate of drug-likeness (QED) is 0.791. The van der Waals surface area contributed by atoms with Gasteiger partial charge in [-0.15, -0.1) is 0 Å². The van der Waals surface area contributed by atoms with Crippen molar-refractivity contribution in [2.45, 2.75) is 13.5 Å². The largest absolute Gasteiger partial charge is 0.484 e. The predicted molar refractivity (Wildman–Crippen MR) is 101 cm³/mol. The van der Waals surface area contributed by atoms with Gasteiger partial charge < -0.3 is 24.7 Å². The first kappa shape index (κ1) is 18.3. The third kappa shape index (κ3) is 3.42. The topological polar surface area (TPSA) is 97.1 Å². The highest BCUT2D eigenvalue weighted by Gasteiger charge is 2.30. The standard InChI is InChI=1S/C20H16ClNO6/c1-10-2-14(26-8-17(22)23)6-15-18(10)19(24)16(28-15)5-11-3-13(21)4-12-7-25-9-27-20(11)12/h2-6H,7-9H2,1H3,(H2,22,23)/b16-5-. The molecule has 2 N–H and O–H groups in total. The van der Waals surface area contributed by atoms with E-state index in [1.807, 2.05) is 0 Å². The van der Waals surface area contributed by atoms with E-state index in [0.29, 0.717) is 45.6 Å². The first-order valence-corrected chi connectivity index (χ1v) is 8.83. The number of halogens is 1. The summed E-state index contributed by atoms with van der Waals surface area (Å²) >= 11 is 6.18. The molecular weight excluding hydrogens is 386 g/mol. The number of nitrogens with two attached hydrogens (primary N) is 1. The molecule has 1 amide bonds. The maximum absolute atomic E-state index is 12.8. The number of ether oxygens (including phenoxy) is 4. The lowest BCUT2D eigenvalue weighted by Crippen LogP contribution is -2.20. The zero-order chi connectivity index (χ0) is 19.8. The maximum atomic E-state index is 12.8. The van der Waals surface area contributed by atoms with E-state index in [9.17, 15) is 9.59 Å². The van der Waals surface area contributed by atoms with E-state index in [2.05, 4.69) is 0 Å². The van der Waals surface area contributed by atoms with E-state index in [0.717, 1.165) is 5.56 Å². The number of Topliss-reactive ketones (excluding diaryl/α,β-unsaturated/α-hetero) is 1. The summed E-state index contributed by atoms with van der Waals surface area (Å²) in [6.45, 7) is 2.01. The first-order valence-electron chi connectivity index (χ1n) is 8.45. The number of amides is 1. The molecule has 0 saturated heterocycles. The molecule has 0 unspecified atom stereocenters. The van der Waals surface area contributed by atoms with Crippen molar-refractivity contribution in [3.05, 3.63) is 57.3 Å². The fourth-order valence-electron chi connectivity index (χ4n) is 3.17. The van der Waals surface area contributed by atoms with Crippen LogP contribution in [0.25, 0.3) is 6.08 Å². The Bertz CT molecular complexity index is 1030. The number of benzene rings is 2. The number of hydrogen-bond acceptors (Lipinski definition) is 6. The van der Waals surface area contributed by atoms with E-state index >= 15 is 0 Å². The van der Waals surface area contributed by atoms with Crippen LogP contribution in [-0.2, 0) is 16.1 Å². The van der Waals surface area contributed by atoms with Crippen LogP contribution in [0.2, 0.25) is 5.02 Å². The van der Waals surface area contributed by atoms with Crippen LogP contribution in [0, 0.1) is 6.92 Å². The molecular formula is C20H16ClNO6. The van der Waals surface area contributed by atoms with Gasteiger partial charge in [-0.1, -0.05) is 11.6 Å². The van der Waals surface area contributed by atoms with Gasteiger partial charge in [0.15, 0.2) is 19.2 Å². The van der Waals surface area contributed by atoms with E-state index < -0.39 is 5.91 Å². The molecule has 2 aliphatic rings. The monoisotopic (exact) mass is 401 g/mol. The minimum absolute atomic E-state index is 0.125. The fraction of sp³-hybridized carbons (Fsp3) is 0.200. The summed E-state index contributed by atoms with van der Waals surface area (Å²) in [5.74, 6) is 0.656. The van der Waals surface area contributed by atoms with Gasteiger partial charge in [-0.05, 0) is 36.8 Å². The van der Waals surface area contributed by atoms with Gasteiger partial charge in [0.1, 0.15) is 17.2 Å². The van der Waals surface area contributed by atoms with Crippen LogP contribution in [0.3, 0.4) is 0 Å². The molecule has 2 heterocycles. The van der Waals surface area contributed by atoms with Gasteiger partial charge >= 0.3 is 0 Å². The first-order chi connectivity index (χ1) is 13.4. The summed E-state index contributed by atoms with van der Waals surface area (Å²) in [5, 5.41) is 0.501. The smallest absolute Gasteiger partial charge is 0.255 e. The highest BCUT2D eigenvalue weighted by atomic mass is 35.5. The fourth-order valence-corrected chi connectivity index (χ4v) is 3.42. The van der Waals surface area contributed by atoms with Crippen molar-refractivity contribution >= 4 is 29.4 Å². The van der Waals surface area contributed by atoms with Crippen molar-refractivity contribution < 1.29 is 28.5 Å². The van der Waals surface area contributed by atoms with Gasteiger partial charge in [-0.3, -0.25) is 9.59 Å². The number of fused-ring (bicyclic) bond motifs is 2. The summed E-state index contributed by atoms with van der Waals surface area (Å²) in [7, 11) is 0. The van der Waals surface area contributed by atoms with E-state index in [-0.39, 0.29) is 24.9 Å². The molecule has 0 aliphatic carbocycles. The van der Waals surface area contributed by atoms with Gasteiger partial charge in [0, 0.05) is 22.2 Å². The molecule has 2 aromatic rings. The summed E-state index contributed by atoms with van der Waals surface area (Å²) in [6.07, 6.45) is 1.60. The van der Waals surface area contributed by atoms with Crippen molar-refractivity contribution in [2.75, 3.05) is 13.4 Å². The second-order valence-corrected chi connectivity index (χ2v) is 6.84. The summed E-state index contributed by atoms with van der Waals surface area (Å²) < 4.78 is 21.9. The molecule has 7 nitrogen and oxygen atoms in total. The van der Waals surface area contributed by atoms with Crippen LogP contribution in [-0.4, -0.2) is 25.1 Å². The Hall–Kier alpha value is -3.03. The van der Waals surface area contributed by atoms with Crippen molar-refractivity contribution in [1.29, 1.82) is 0 Å². The van der Waals surface area contributed by atoms with Crippen molar-refractivity contribution in [3.8, 4) is 17.2 Å². The molecule has 2 aromatic carbocycles. The van der Waals surface area contributed by atoms with Gasteiger partial charge in [0.25, 0.3) is 5.91 Å². The molecule has 2 aliphatic heterocycles. The minimum Gasteiger partial charge on any atom is -0.484 e. The summed E-state index contributed by atoms with van der Waals surface area (Å²) in [4.78, 5) is 23.8. The zero-order valence-electron chi connectivity index (χ0n) is 14.9. The molecule has 8 heteroatoms. The Labute approximate surface area is 165 Å². The molecule has 0 atom stereocenters. The third-order valence-electron chi connectivity index (χ3n) is 4.31. The number of rotatable bonds is 4. The van der Waals surface area contributed by atoms with Crippen molar-refractivity contribution in [3.63, 3.8) is 0 Å². The number of allylic oxidation sites excluding steroid dienone is 1. The summed E-state index contributed by atoms with van der Waals surface area (Å²) in [6, 6.07) is 6.68. The number of carbonyl (C=O) groups is 2. The Morgan fingerprint density at radius 3 is 2.93 bits per heavy atom. The van der Waals surface area contributed by atoms with Gasteiger partial charge in [-0.25, -0.2) is 0 Å². The molecule has 0 fully saturated rings. The Morgan fingerprint density at radius 2 is 2.14 bits per heavy atom. The van der Waals surface area contributed by atoms with E-state index in [4.69, 9.17) is 36.3 Å². The van der Waals surface area contributed by atoms with Crippen molar-refractivity contribution in [2.24, 2.45) is 5.73 Å². The molecule has 0 saturated carbocycles. The normalized spacial score (nSPS) is 16.2. The molecule has 0 radical (unpaired) electrons. The molecule has 144 valence electrons. The molecule has 0 aromatic heterocycles. The lowest BCUT2D eigenvalue weighted by molar-refractivity contribution is -0.119. The lowest BCUT2D eigenvalue weighted by atomic mass is 10.0. The van der Waals surface area contributed by atoms with Crippen LogP contribution in [0.5, 0.6) is 17.2 Å². The van der Waals surface area contributed by atoms with E-state index in [1.54, 1.807) is 37.3 Å². The minimum atomic E-state index is -0.592. The third-order valence-corrected chi connectivity index (χ3v) is 4.53. The SMILES string of the molecule is Cc1cc(OCC(N)=O)cc2c1C(=O)/C(=C/c1cc(Cl)cc3c1OCOC3)O2. The lowest BCUT2D eigenvalue weighted by Gasteiger charge is -2.20. The Morgan fingerprint density at radius 1 is 1.32 bits per heavy atom. The zero-order valence-corrected chi connectivity index (χ0v) is 15.7. The highest BCUT2D eigenvalue weighted by Crippen LogP contribution is 2.39. The van der Waals surface area contributed by atoms with Crippen LogP contribution in [0.15, 0.2) is 30.0 Å². The molecule has 0 bridgehead atoms. The second-order valence-electron chi connectivity index (χ2n) is 6.40. The van der Waals surface area contributed by atoms with Crippen LogP contribution < -0.4 is 19.9 Å². The van der Waals surface area contributed by atoms with E-state index in [1.165, 1.54) is 0 Å². The molecule has 0 spiro atoms. The van der Waals surface area contributed by atoms with Crippen molar-refractivity contribution in [1.82, 2.24) is 0 Å². The summed E-state index contributed by atoms with van der Waals surface area (Å²) in [5.41, 5.74) is 7.64. The predicted octanol–water partition coefficient (Wildman–Crippen LogP) is 3.00.